The molecule has 1 aliphatic rings. The maximum absolute atomic E-state index is 12.4. The molecule has 1 aliphatic heterocycles. The summed E-state index contributed by atoms with van der Waals surface area (Å²) in [6.07, 6.45) is 0.923. The number of carboxylic acids is 1. The van der Waals surface area contributed by atoms with Crippen molar-refractivity contribution >= 4 is 23.6 Å². The van der Waals surface area contributed by atoms with Crippen LogP contribution >= 0.6 is 11.8 Å². The molecule has 2 heterocycles. The molecule has 1 N–H and O–H groups in total. The molecule has 0 saturated carbocycles. The maximum atomic E-state index is 12.4. The number of carbonyl (C=O) groups is 2. The van der Waals surface area contributed by atoms with Crippen LogP contribution in [0.1, 0.15) is 30.3 Å². The number of rotatable bonds is 4. The summed E-state index contributed by atoms with van der Waals surface area (Å²) in [5, 5.41) is 13.5. The van der Waals surface area contributed by atoms with Crippen LogP contribution in [0.15, 0.2) is 0 Å². The van der Waals surface area contributed by atoms with E-state index in [1.54, 1.807) is 0 Å². The molecule has 0 aliphatic carbocycles. The number of nitrogens with zero attached hydrogens (tertiary/aromatic N) is 3. The van der Waals surface area contributed by atoms with E-state index >= 15 is 0 Å². The molecule has 1 fully saturated rings. The van der Waals surface area contributed by atoms with Crippen LogP contribution in [0.4, 0.5) is 0 Å². The smallest absolute Gasteiger partial charge is 0.327 e. The van der Waals surface area contributed by atoms with Gasteiger partial charge in [-0.15, -0.1) is 11.8 Å². The normalized spacial score (nSPS) is 21.8. The molecule has 0 aromatic carbocycles. The van der Waals surface area contributed by atoms with Crippen LogP contribution in [0, 0.1) is 13.8 Å². The highest BCUT2D eigenvalue weighted by Gasteiger charge is 2.39. The fourth-order valence-electron chi connectivity index (χ4n) is 2.75. The van der Waals surface area contributed by atoms with Gasteiger partial charge in [0.25, 0.3) is 0 Å². The lowest BCUT2D eigenvalue weighted by molar-refractivity contribution is -0.148. The Morgan fingerprint density at radius 3 is 2.62 bits per heavy atom. The molecule has 116 valence electrons. The van der Waals surface area contributed by atoms with Crippen LogP contribution in [0.5, 0.6) is 0 Å². The number of amides is 1. The number of hydrogen-bond donors (Lipinski definition) is 1. The molecular formula is C14H21N3O3S. The quantitative estimate of drug-likeness (QED) is 0.908. The zero-order chi connectivity index (χ0) is 15.7. The minimum atomic E-state index is -0.922. The van der Waals surface area contributed by atoms with Gasteiger partial charge in [-0.1, -0.05) is 0 Å². The summed E-state index contributed by atoms with van der Waals surface area (Å²) >= 11 is 1.51. The molecule has 0 bridgehead atoms. The van der Waals surface area contributed by atoms with E-state index in [1.165, 1.54) is 16.7 Å². The molecule has 7 heteroatoms. The predicted molar refractivity (Wildman–Crippen MR) is 81.2 cm³/mol. The molecule has 6 nitrogen and oxygen atoms in total. The summed E-state index contributed by atoms with van der Waals surface area (Å²) in [5.74, 6) is -0.552. The molecule has 2 unspecified atom stereocenters. The van der Waals surface area contributed by atoms with E-state index in [0.29, 0.717) is 18.6 Å². The van der Waals surface area contributed by atoms with Crippen molar-refractivity contribution in [1.82, 2.24) is 14.7 Å². The van der Waals surface area contributed by atoms with Gasteiger partial charge < -0.3 is 10.0 Å². The van der Waals surface area contributed by atoms with E-state index < -0.39 is 12.0 Å². The third kappa shape index (κ3) is 3.07. The lowest BCUT2D eigenvalue weighted by Crippen LogP contribution is -2.44. The Labute approximate surface area is 128 Å². The van der Waals surface area contributed by atoms with Gasteiger partial charge in [0, 0.05) is 24.9 Å². The van der Waals surface area contributed by atoms with E-state index in [0.717, 1.165) is 17.0 Å². The Bertz CT molecular complexity index is 570. The van der Waals surface area contributed by atoms with E-state index in [1.807, 2.05) is 32.5 Å². The van der Waals surface area contributed by atoms with Gasteiger partial charge in [-0.3, -0.25) is 9.48 Å². The SMILES string of the molecule is Cc1nn(C)c(C)c1CCC(=O)N1C(C)SCC1C(=O)O. The summed E-state index contributed by atoms with van der Waals surface area (Å²) in [5.41, 5.74) is 3.07. The van der Waals surface area contributed by atoms with E-state index in [-0.39, 0.29) is 11.3 Å². The van der Waals surface area contributed by atoms with Crippen LogP contribution in [0.25, 0.3) is 0 Å². The second kappa shape index (κ2) is 6.09. The third-order valence-electron chi connectivity index (χ3n) is 4.04. The Hall–Kier alpha value is -1.50. The average molecular weight is 311 g/mol. The molecule has 1 aromatic rings. The molecule has 1 amide bonds. The number of hydrogen-bond acceptors (Lipinski definition) is 4. The first-order valence-electron chi connectivity index (χ1n) is 6.97. The Morgan fingerprint density at radius 2 is 2.10 bits per heavy atom. The second-order valence-electron chi connectivity index (χ2n) is 5.36. The van der Waals surface area contributed by atoms with Gasteiger partial charge in [-0.05, 0) is 32.8 Å². The van der Waals surface area contributed by atoms with E-state index in [2.05, 4.69) is 5.10 Å². The number of aromatic nitrogens is 2. The van der Waals surface area contributed by atoms with Crippen LogP contribution in [-0.4, -0.2) is 48.8 Å². The highest BCUT2D eigenvalue weighted by atomic mass is 32.2. The second-order valence-corrected chi connectivity index (χ2v) is 6.71. The molecule has 21 heavy (non-hydrogen) atoms. The third-order valence-corrected chi connectivity index (χ3v) is 5.26. The van der Waals surface area contributed by atoms with Crippen LogP contribution in [0.3, 0.4) is 0 Å². The maximum Gasteiger partial charge on any atom is 0.327 e. The van der Waals surface area contributed by atoms with Crippen molar-refractivity contribution in [3.05, 3.63) is 17.0 Å². The zero-order valence-corrected chi connectivity index (χ0v) is 13.6. The van der Waals surface area contributed by atoms with Crippen molar-refractivity contribution in [3.63, 3.8) is 0 Å². The first-order chi connectivity index (χ1) is 9.82. The Kier molecular flexibility index (Phi) is 4.61. The first kappa shape index (κ1) is 15.9. The van der Waals surface area contributed by atoms with Crippen molar-refractivity contribution in [1.29, 1.82) is 0 Å². The summed E-state index contributed by atoms with van der Waals surface area (Å²) in [6, 6.07) is -0.700. The van der Waals surface area contributed by atoms with Gasteiger partial charge in [0.15, 0.2) is 0 Å². The number of aliphatic carboxylic acids is 1. The summed E-state index contributed by atoms with van der Waals surface area (Å²) in [4.78, 5) is 25.1. The van der Waals surface area contributed by atoms with Crippen molar-refractivity contribution in [2.24, 2.45) is 7.05 Å². The largest absolute Gasteiger partial charge is 0.480 e. The van der Waals surface area contributed by atoms with Gasteiger partial charge >= 0.3 is 5.97 Å². The molecule has 0 radical (unpaired) electrons. The van der Waals surface area contributed by atoms with Gasteiger partial charge in [-0.25, -0.2) is 4.79 Å². The summed E-state index contributed by atoms with van der Waals surface area (Å²) < 4.78 is 1.81. The van der Waals surface area contributed by atoms with Gasteiger partial charge in [0.1, 0.15) is 6.04 Å². The molecular weight excluding hydrogens is 290 g/mol. The van der Waals surface area contributed by atoms with Crippen molar-refractivity contribution in [2.45, 2.75) is 45.0 Å². The fraction of sp³-hybridized carbons (Fsp3) is 0.643. The lowest BCUT2D eigenvalue weighted by atomic mass is 10.1. The molecule has 1 saturated heterocycles. The first-order valence-corrected chi connectivity index (χ1v) is 8.02. The number of carboxylic acid groups (broad SMARTS) is 1. The summed E-state index contributed by atoms with van der Waals surface area (Å²) in [7, 11) is 1.88. The standard InChI is InChI=1S/C14H21N3O3S/c1-8-11(9(2)16(4)15-8)5-6-13(18)17-10(3)21-7-12(17)14(19)20/h10,12H,5-7H2,1-4H3,(H,19,20). The topological polar surface area (TPSA) is 75.4 Å². The zero-order valence-electron chi connectivity index (χ0n) is 12.8. The molecule has 2 atom stereocenters. The van der Waals surface area contributed by atoms with Gasteiger partial charge in [-0.2, -0.15) is 5.10 Å². The molecule has 2 rings (SSSR count). The van der Waals surface area contributed by atoms with E-state index in [9.17, 15) is 14.7 Å². The summed E-state index contributed by atoms with van der Waals surface area (Å²) in [6.45, 7) is 5.79. The predicted octanol–water partition coefficient (Wildman–Crippen LogP) is 1.34. The van der Waals surface area contributed by atoms with Gasteiger partial charge in [0.2, 0.25) is 5.91 Å². The lowest BCUT2D eigenvalue weighted by Gasteiger charge is -2.25. The van der Waals surface area contributed by atoms with Crippen LogP contribution < -0.4 is 0 Å². The van der Waals surface area contributed by atoms with Crippen molar-refractivity contribution in [2.75, 3.05) is 5.75 Å². The highest BCUT2D eigenvalue weighted by molar-refractivity contribution is 8.00. The number of aryl methyl sites for hydroxylation is 2. The number of carbonyl (C=O) groups excluding carboxylic acids is 1. The Balaban J connectivity index is 2.06. The minimum absolute atomic E-state index is 0.0744. The minimum Gasteiger partial charge on any atom is -0.480 e. The molecule has 1 aromatic heterocycles. The van der Waals surface area contributed by atoms with E-state index in [4.69, 9.17) is 0 Å². The van der Waals surface area contributed by atoms with Crippen LogP contribution in [-0.2, 0) is 23.1 Å². The van der Waals surface area contributed by atoms with Crippen molar-refractivity contribution in [3.8, 4) is 0 Å². The Morgan fingerprint density at radius 1 is 1.43 bits per heavy atom. The fourth-order valence-corrected chi connectivity index (χ4v) is 3.94. The van der Waals surface area contributed by atoms with Gasteiger partial charge in [0.05, 0.1) is 11.1 Å². The molecule has 0 spiro atoms. The van der Waals surface area contributed by atoms with Crippen molar-refractivity contribution < 1.29 is 14.7 Å². The monoisotopic (exact) mass is 311 g/mol. The van der Waals surface area contributed by atoms with Crippen LogP contribution in [0.2, 0.25) is 0 Å². The average Bonchev–Trinajstić information content (AvgIpc) is 2.90. The number of thioether (sulfide) groups is 1. The highest BCUT2D eigenvalue weighted by Crippen LogP contribution is 2.29.